The van der Waals surface area contributed by atoms with E-state index in [1.807, 2.05) is 6.20 Å². The van der Waals surface area contributed by atoms with Crippen LogP contribution < -0.4 is 9.80 Å². The van der Waals surface area contributed by atoms with Crippen molar-refractivity contribution in [1.29, 1.82) is 0 Å². The van der Waals surface area contributed by atoms with Crippen LogP contribution in [0.15, 0.2) is 200 Å². The Balaban J connectivity index is 0.916. The molecule has 5 heterocycles. The van der Waals surface area contributed by atoms with Crippen molar-refractivity contribution in [3.05, 3.63) is 223 Å². The fourth-order valence-corrected chi connectivity index (χ4v) is 10.9. The molecule has 11 aromatic rings. The molecule has 0 saturated heterocycles. The fraction of sp³-hybridized carbons (Fsp3) is 0.115. The summed E-state index contributed by atoms with van der Waals surface area (Å²) in [6.07, 6.45) is 6.21. The minimum Gasteiger partial charge on any atom is -0.328 e. The van der Waals surface area contributed by atoms with E-state index in [1.54, 1.807) is 0 Å². The van der Waals surface area contributed by atoms with Gasteiger partial charge in [0, 0.05) is 52.3 Å². The Morgan fingerprint density at radius 3 is 1.91 bits per heavy atom. The first-order valence-corrected chi connectivity index (χ1v) is 23.6. The number of imidazole rings is 1. The van der Waals surface area contributed by atoms with E-state index in [1.165, 1.54) is 96.5 Å². The van der Waals surface area contributed by atoms with Crippen LogP contribution in [0.4, 0.5) is 22.7 Å². The van der Waals surface area contributed by atoms with Crippen LogP contribution in [0.5, 0.6) is 0 Å². The molecule has 8 aromatic carbocycles. The summed E-state index contributed by atoms with van der Waals surface area (Å²) >= 11 is 0. The van der Waals surface area contributed by atoms with Crippen LogP contribution in [0.25, 0.3) is 72.0 Å². The third-order valence-electron chi connectivity index (χ3n) is 14.1. The molecule has 3 aromatic heterocycles. The molecular formula is C61H48N6. The number of hydrogen-bond acceptors (Lipinski definition) is 4. The molecular weight excluding hydrogens is 817 g/mol. The van der Waals surface area contributed by atoms with Crippen molar-refractivity contribution in [2.75, 3.05) is 16.5 Å². The van der Waals surface area contributed by atoms with Crippen molar-refractivity contribution in [3.63, 3.8) is 0 Å². The number of hydrogen-bond donors (Lipinski definition) is 0. The van der Waals surface area contributed by atoms with Gasteiger partial charge in [-0.15, -0.1) is 0 Å². The van der Waals surface area contributed by atoms with Gasteiger partial charge in [0.25, 0.3) is 0 Å². The molecule has 0 bridgehead atoms. The van der Waals surface area contributed by atoms with Crippen molar-refractivity contribution in [2.45, 2.75) is 39.2 Å². The second-order valence-electron chi connectivity index (χ2n) is 18.2. The zero-order valence-electron chi connectivity index (χ0n) is 37.5. The second-order valence-corrected chi connectivity index (χ2v) is 18.2. The van der Waals surface area contributed by atoms with E-state index in [2.05, 4.69) is 220 Å². The minimum atomic E-state index is 0.656. The zero-order chi connectivity index (χ0) is 44.4. The molecule has 0 unspecified atom stereocenters. The highest BCUT2D eigenvalue weighted by Crippen LogP contribution is 2.51. The van der Waals surface area contributed by atoms with Gasteiger partial charge in [-0.25, -0.2) is 9.97 Å². The van der Waals surface area contributed by atoms with Crippen molar-refractivity contribution in [2.24, 2.45) is 0 Å². The van der Waals surface area contributed by atoms with Gasteiger partial charge in [0.2, 0.25) is 0 Å². The minimum absolute atomic E-state index is 0.656. The van der Waals surface area contributed by atoms with Gasteiger partial charge in [-0.3, -0.25) is 4.57 Å². The average Bonchev–Trinajstić information content (AvgIpc) is 4.05. The summed E-state index contributed by atoms with van der Waals surface area (Å²) in [7, 11) is 0. The highest BCUT2D eigenvalue weighted by molar-refractivity contribution is 6.09. The van der Waals surface area contributed by atoms with Gasteiger partial charge in [-0.1, -0.05) is 152 Å². The van der Waals surface area contributed by atoms with E-state index in [4.69, 9.17) is 9.97 Å². The summed E-state index contributed by atoms with van der Waals surface area (Å²) in [5, 5.41) is 2.46. The lowest BCUT2D eigenvalue weighted by Gasteiger charge is -2.27. The maximum absolute atomic E-state index is 5.26. The summed E-state index contributed by atoms with van der Waals surface area (Å²) < 4.78 is 4.81. The van der Waals surface area contributed by atoms with Crippen molar-refractivity contribution < 1.29 is 0 Å². The molecule has 0 N–H and O–H groups in total. The highest BCUT2D eigenvalue weighted by Gasteiger charge is 2.33. The fourth-order valence-electron chi connectivity index (χ4n) is 10.9. The number of anilines is 4. The standard InChI is InChI=1S/C61H48N6/c1-41-33-60(62-39-52(41)46-22-9-4-10-23-46)67-54-28-12-11-25-50(54)51-31-30-43(36-55(51)67)34-42-17-15-24-47(35-42)65-40-66(58-38-56-53(37-57(58)65)63-59-29-13-14-32-64(56)59)61-48(44-18-5-2-6-19-44)26-16-27-49(61)45-20-7-3-8-21-45/h2-12,15-28,30-31,33,35-39H,13-14,29,32,34,40H2,1H3. The van der Waals surface area contributed by atoms with Crippen molar-refractivity contribution in [3.8, 4) is 39.2 Å². The van der Waals surface area contributed by atoms with Crippen molar-refractivity contribution >= 4 is 55.6 Å². The normalized spacial score (nSPS) is 13.4. The van der Waals surface area contributed by atoms with Gasteiger partial charge in [0.15, 0.2) is 0 Å². The summed E-state index contributed by atoms with van der Waals surface area (Å²) in [6, 6.07) is 70.9. The SMILES string of the molecule is Cc1cc(-n2c3ccccc3c3ccc(Cc4cccc(N5CN(c6c(-c7ccccc7)cccc6-c6ccccc6)c6cc7c(cc65)nc5n7CCCC5)c4)cc32)ncc1-c1ccccc1. The van der Waals surface area contributed by atoms with E-state index >= 15 is 0 Å². The summed E-state index contributed by atoms with van der Waals surface area (Å²) in [5.41, 5.74) is 20.2. The number of benzene rings is 8. The number of nitrogens with zero attached hydrogens (tertiary/aromatic N) is 6. The van der Waals surface area contributed by atoms with Crippen LogP contribution in [0.1, 0.15) is 35.4 Å². The Labute approximate surface area is 390 Å². The number of pyridine rings is 1. The Bertz CT molecular complexity index is 3610. The lowest BCUT2D eigenvalue weighted by Crippen LogP contribution is -2.25. The maximum atomic E-state index is 5.26. The molecule has 0 radical (unpaired) electrons. The Kier molecular flexibility index (Phi) is 9.38. The van der Waals surface area contributed by atoms with E-state index < -0.39 is 0 Å². The maximum Gasteiger partial charge on any atom is 0.137 e. The molecule has 2 aliphatic heterocycles. The topological polar surface area (TPSA) is 42.1 Å². The van der Waals surface area contributed by atoms with Gasteiger partial charge in [0.05, 0.1) is 39.1 Å². The number of fused-ring (bicyclic) bond motifs is 7. The summed E-state index contributed by atoms with van der Waals surface area (Å²) in [4.78, 5) is 15.4. The van der Waals surface area contributed by atoms with Crippen LogP contribution in [-0.4, -0.2) is 25.8 Å². The lowest BCUT2D eigenvalue weighted by atomic mass is 9.95. The molecule has 0 saturated carbocycles. The molecule has 6 heteroatoms. The number of para-hydroxylation sites is 2. The quantitative estimate of drug-likeness (QED) is 0.153. The van der Waals surface area contributed by atoms with E-state index in [9.17, 15) is 0 Å². The van der Waals surface area contributed by atoms with Gasteiger partial charge in [-0.2, -0.15) is 0 Å². The summed E-state index contributed by atoms with van der Waals surface area (Å²) in [5.74, 6) is 2.13. The van der Waals surface area contributed by atoms with Crippen LogP contribution in [-0.2, 0) is 19.4 Å². The Hall–Kier alpha value is -8.22. The second kappa shape index (κ2) is 16.0. The van der Waals surface area contributed by atoms with E-state index in [0.29, 0.717) is 6.67 Å². The van der Waals surface area contributed by atoms with Crippen LogP contribution in [0, 0.1) is 6.92 Å². The first kappa shape index (κ1) is 39.2. The van der Waals surface area contributed by atoms with E-state index in [0.717, 1.165) is 53.0 Å². The number of rotatable bonds is 8. The van der Waals surface area contributed by atoms with Gasteiger partial charge in [-0.05, 0) is 102 Å². The van der Waals surface area contributed by atoms with Crippen molar-refractivity contribution in [1.82, 2.24) is 19.1 Å². The van der Waals surface area contributed by atoms with Gasteiger partial charge in [0.1, 0.15) is 18.3 Å². The highest BCUT2D eigenvalue weighted by atomic mass is 15.4. The molecule has 0 aliphatic carbocycles. The third-order valence-corrected chi connectivity index (χ3v) is 14.1. The first-order valence-electron chi connectivity index (χ1n) is 23.6. The molecule has 0 spiro atoms. The Morgan fingerprint density at radius 1 is 0.507 bits per heavy atom. The summed E-state index contributed by atoms with van der Waals surface area (Å²) in [6.45, 7) is 3.85. The predicted molar refractivity (Wildman–Crippen MR) is 277 cm³/mol. The molecule has 322 valence electrons. The molecule has 0 amide bonds. The Morgan fingerprint density at radius 2 is 1.16 bits per heavy atom. The number of aromatic nitrogens is 4. The van der Waals surface area contributed by atoms with Crippen LogP contribution in [0.2, 0.25) is 0 Å². The monoisotopic (exact) mass is 864 g/mol. The van der Waals surface area contributed by atoms with E-state index in [-0.39, 0.29) is 0 Å². The predicted octanol–water partition coefficient (Wildman–Crippen LogP) is 15.0. The largest absolute Gasteiger partial charge is 0.328 e. The molecule has 67 heavy (non-hydrogen) atoms. The molecule has 0 fully saturated rings. The molecule has 0 atom stereocenters. The zero-order valence-corrected chi connectivity index (χ0v) is 37.5. The average molecular weight is 865 g/mol. The third kappa shape index (κ3) is 6.70. The van der Waals surface area contributed by atoms with Crippen LogP contribution in [0.3, 0.4) is 0 Å². The molecule has 6 nitrogen and oxygen atoms in total. The first-order chi connectivity index (χ1) is 33.1. The van der Waals surface area contributed by atoms with Gasteiger partial charge >= 0.3 is 0 Å². The molecule has 2 aliphatic rings. The van der Waals surface area contributed by atoms with Crippen LogP contribution >= 0.6 is 0 Å². The lowest BCUT2D eigenvalue weighted by molar-refractivity contribution is 0.533. The van der Waals surface area contributed by atoms with Gasteiger partial charge < -0.3 is 14.4 Å². The smallest absolute Gasteiger partial charge is 0.137 e. The number of aryl methyl sites for hydroxylation is 3. The molecule has 13 rings (SSSR count).